The predicted octanol–water partition coefficient (Wildman–Crippen LogP) is 2.98. The average molecular weight is 274 g/mol. The minimum absolute atomic E-state index is 0.128. The zero-order valence-corrected chi connectivity index (χ0v) is 11.2. The van der Waals surface area contributed by atoms with E-state index in [9.17, 15) is 9.18 Å². The normalized spacial score (nSPS) is 10.2. The average Bonchev–Trinajstić information content (AvgIpc) is 2.42. The monoisotopic (exact) mass is 274 g/mol. The van der Waals surface area contributed by atoms with Gasteiger partial charge >= 0.3 is 0 Å². The van der Waals surface area contributed by atoms with E-state index in [1.807, 2.05) is 6.92 Å². The lowest BCUT2D eigenvalue weighted by atomic mass is 10.1. The van der Waals surface area contributed by atoms with E-state index in [4.69, 9.17) is 10.5 Å². The van der Waals surface area contributed by atoms with Gasteiger partial charge in [-0.3, -0.25) is 4.79 Å². The number of carbonyl (C=O) groups is 1. The van der Waals surface area contributed by atoms with Gasteiger partial charge in [0.15, 0.2) is 0 Å². The summed E-state index contributed by atoms with van der Waals surface area (Å²) in [5.74, 6) is -1.03. The SMILES string of the molecule is COc1cccc(F)c1C(=O)Nc1cc(N)ccc1C. The van der Waals surface area contributed by atoms with E-state index in [0.717, 1.165) is 5.56 Å². The highest BCUT2D eigenvalue weighted by molar-refractivity contribution is 6.06. The van der Waals surface area contributed by atoms with E-state index in [-0.39, 0.29) is 11.3 Å². The molecule has 2 aromatic rings. The third-order valence-corrected chi connectivity index (χ3v) is 2.93. The molecule has 0 radical (unpaired) electrons. The molecule has 0 aliphatic rings. The summed E-state index contributed by atoms with van der Waals surface area (Å²) >= 11 is 0. The fraction of sp³-hybridized carbons (Fsp3) is 0.133. The number of ether oxygens (including phenoxy) is 1. The number of nitrogens with one attached hydrogen (secondary N) is 1. The fourth-order valence-corrected chi connectivity index (χ4v) is 1.85. The molecule has 1 amide bonds. The van der Waals surface area contributed by atoms with Crippen LogP contribution in [0.15, 0.2) is 36.4 Å². The Balaban J connectivity index is 2.36. The van der Waals surface area contributed by atoms with Crippen LogP contribution in [0.1, 0.15) is 15.9 Å². The maximum atomic E-state index is 13.8. The minimum atomic E-state index is -0.636. The number of rotatable bonds is 3. The van der Waals surface area contributed by atoms with E-state index < -0.39 is 11.7 Å². The second-order valence-corrected chi connectivity index (χ2v) is 4.35. The van der Waals surface area contributed by atoms with Gasteiger partial charge in [-0.15, -0.1) is 0 Å². The van der Waals surface area contributed by atoms with Crippen molar-refractivity contribution in [2.24, 2.45) is 0 Å². The van der Waals surface area contributed by atoms with Crippen LogP contribution in [-0.4, -0.2) is 13.0 Å². The third kappa shape index (κ3) is 2.71. The molecule has 0 saturated heterocycles. The third-order valence-electron chi connectivity index (χ3n) is 2.93. The molecule has 0 aliphatic heterocycles. The van der Waals surface area contributed by atoms with Gasteiger partial charge in [-0.1, -0.05) is 12.1 Å². The minimum Gasteiger partial charge on any atom is -0.496 e. The summed E-state index contributed by atoms with van der Waals surface area (Å²) in [6.45, 7) is 1.83. The summed E-state index contributed by atoms with van der Waals surface area (Å²) in [5, 5.41) is 2.64. The zero-order chi connectivity index (χ0) is 14.7. The zero-order valence-electron chi connectivity index (χ0n) is 11.2. The summed E-state index contributed by atoms with van der Waals surface area (Å²) in [6.07, 6.45) is 0. The standard InChI is InChI=1S/C15H15FN2O2/c1-9-6-7-10(17)8-12(9)18-15(19)14-11(16)4-3-5-13(14)20-2/h3-8H,17H2,1-2H3,(H,18,19). The van der Waals surface area contributed by atoms with E-state index in [2.05, 4.69) is 5.32 Å². The summed E-state index contributed by atoms with van der Waals surface area (Å²) < 4.78 is 18.8. The number of methoxy groups -OCH3 is 1. The van der Waals surface area contributed by atoms with Crippen LogP contribution in [0.2, 0.25) is 0 Å². The summed E-state index contributed by atoms with van der Waals surface area (Å²) in [4.78, 5) is 12.2. The van der Waals surface area contributed by atoms with Gasteiger partial charge < -0.3 is 15.8 Å². The predicted molar refractivity (Wildman–Crippen MR) is 76.5 cm³/mol. The molecule has 2 rings (SSSR count). The topological polar surface area (TPSA) is 64.3 Å². The van der Waals surface area contributed by atoms with Crippen molar-refractivity contribution in [3.63, 3.8) is 0 Å². The Hall–Kier alpha value is -2.56. The van der Waals surface area contributed by atoms with Gasteiger partial charge in [0.2, 0.25) is 0 Å². The van der Waals surface area contributed by atoms with Crippen LogP contribution in [0.3, 0.4) is 0 Å². The number of hydrogen-bond donors (Lipinski definition) is 2. The van der Waals surface area contributed by atoms with Crippen LogP contribution < -0.4 is 15.8 Å². The number of anilines is 2. The second kappa shape index (κ2) is 5.61. The van der Waals surface area contributed by atoms with Gasteiger partial charge in [0.1, 0.15) is 17.1 Å². The molecule has 0 fully saturated rings. The van der Waals surface area contributed by atoms with Crippen LogP contribution in [0.4, 0.5) is 15.8 Å². The van der Waals surface area contributed by atoms with E-state index in [1.165, 1.54) is 25.3 Å². The number of amides is 1. The molecule has 2 aromatic carbocycles. The number of nitrogen functional groups attached to an aromatic ring is 1. The Morgan fingerprint density at radius 3 is 2.75 bits per heavy atom. The number of benzene rings is 2. The molecule has 3 N–H and O–H groups in total. The number of aryl methyl sites for hydroxylation is 1. The Morgan fingerprint density at radius 2 is 2.05 bits per heavy atom. The van der Waals surface area contributed by atoms with Gasteiger partial charge in [0.25, 0.3) is 5.91 Å². The van der Waals surface area contributed by atoms with Gasteiger partial charge in [0, 0.05) is 11.4 Å². The fourth-order valence-electron chi connectivity index (χ4n) is 1.85. The quantitative estimate of drug-likeness (QED) is 0.846. The highest BCUT2D eigenvalue weighted by Crippen LogP contribution is 2.24. The van der Waals surface area contributed by atoms with Gasteiger partial charge in [-0.05, 0) is 36.8 Å². The largest absolute Gasteiger partial charge is 0.496 e. The van der Waals surface area contributed by atoms with E-state index in [0.29, 0.717) is 11.4 Å². The highest BCUT2D eigenvalue weighted by Gasteiger charge is 2.18. The van der Waals surface area contributed by atoms with Gasteiger partial charge in [-0.2, -0.15) is 0 Å². The molecular formula is C15H15FN2O2. The van der Waals surface area contributed by atoms with Crippen molar-refractivity contribution in [1.82, 2.24) is 0 Å². The molecule has 0 bridgehead atoms. The van der Waals surface area contributed by atoms with Crippen molar-refractivity contribution in [3.05, 3.63) is 53.3 Å². The lowest BCUT2D eigenvalue weighted by molar-refractivity contribution is 0.102. The molecule has 20 heavy (non-hydrogen) atoms. The Morgan fingerprint density at radius 1 is 1.30 bits per heavy atom. The summed E-state index contributed by atoms with van der Waals surface area (Å²) in [7, 11) is 1.39. The van der Waals surface area contributed by atoms with E-state index >= 15 is 0 Å². The second-order valence-electron chi connectivity index (χ2n) is 4.35. The first-order valence-corrected chi connectivity index (χ1v) is 6.03. The smallest absolute Gasteiger partial charge is 0.262 e. The maximum absolute atomic E-state index is 13.8. The Labute approximate surface area is 116 Å². The van der Waals surface area contributed by atoms with Crippen LogP contribution in [0.25, 0.3) is 0 Å². The van der Waals surface area contributed by atoms with E-state index in [1.54, 1.807) is 18.2 Å². The van der Waals surface area contributed by atoms with Crippen LogP contribution in [-0.2, 0) is 0 Å². The first kappa shape index (κ1) is 13.9. The summed E-state index contributed by atoms with van der Waals surface area (Å²) in [5.41, 5.74) is 7.45. The lowest BCUT2D eigenvalue weighted by Crippen LogP contribution is -2.16. The van der Waals surface area contributed by atoms with Gasteiger partial charge in [0.05, 0.1) is 7.11 Å². The summed E-state index contributed by atoms with van der Waals surface area (Å²) in [6, 6.07) is 9.36. The molecule has 0 saturated carbocycles. The molecule has 0 aliphatic carbocycles. The molecule has 4 nitrogen and oxygen atoms in total. The molecule has 104 valence electrons. The first-order chi connectivity index (χ1) is 9.52. The van der Waals surface area contributed by atoms with Crippen molar-refractivity contribution < 1.29 is 13.9 Å². The van der Waals surface area contributed by atoms with Crippen LogP contribution in [0, 0.1) is 12.7 Å². The van der Waals surface area contributed by atoms with Crippen molar-refractivity contribution in [3.8, 4) is 5.75 Å². The molecule has 0 unspecified atom stereocenters. The molecule has 5 heteroatoms. The molecule has 0 atom stereocenters. The molecule has 0 aromatic heterocycles. The molecular weight excluding hydrogens is 259 g/mol. The Kier molecular flexibility index (Phi) is 3.89. The molecule has 0 spiro atoms. The van der Waals surface area contributed by atoms with Crippen molar-refractivity contribution in [2.75, 3.05) is 18.2 Å². The van der Waals surface area contributed by atoms with Gasteiger partial charge in [-0.25, -0.2) is 4.39 Å². The number of carbonyl (C=O) groups excluding carboxylic acids is 1. The highest BCUT2D eigenvalue weighted by atomic mass is 19.1. The number of nitrogens with two attached hydrogens (primary N) is 1. The van der Waals surface area contributed by atoms with Crippen LogP contribution >= 0.6 is 0 Å². The van der Waals surface area contributed by atoms with Crippen molar-refractivity contribution in [2.45, 2.75) is 6.92 Å². The van der Waals surface area contributed by atoms with Crippen LogP contribution in [0.5, 0.6) is 5.75 Å². The Bertz CT molecular complexity index is 656. The molecule has 0 heterocycles. The van der Waals surface area contributed by atoms with Crippen molar-refractivity contribution in [1.29, 1.82) is 0 Å². The first-order valence-electron chi connectivity index (χ1n) is 6.03. The van der Waals surface area contributed by atoms with Crippen molar-refractivity contribution >= 4 is 17.3 Å². The number of halogens is 1. The maximum Gasteiger partial charge on any atom is 0.262 e. The lowest BCUT2D eigenvalue weighted by Gasteiger charge is -2.12. The number of hydrogen-bond acceptors (Lipinski definition) is 3.